The lowest BCUT2D eigenvalue weighted by Crippen LogP contribution is -2.54. The van der Waals surface area contributed by atoms with Gasteiger partial charge in [-0.2, -0.15) is 0 Å². The van der Waals surface area contributed by atoms with Crippen LogP contribution in [0.3, 0.4) is 0 Å². The van der Waals surface area contributed by atoms with E-state index >= 15 is 0 Å². The predicted molar refractivity (Wildman–Crippen MR) is 72.5 cm³/mol. The fourth-order valence-electron chi connectivity index (χ4n) is 3.83. The number of halogens is 1. The van der Waals surface area contributed by atoms with E-state index < -0.39 is 6.17 Å². The predicted octanol–water partition coefficient (Wildman–Crippen LogP) is 3.40. The Hall–Kier alpha value is -0.150. The van der Waals surface area contributed by atoms with E-state index in [0.29, 0.717) is 18.9 Å². The monoisotopic (exact) mass is 257 g/mol. The van der Waals surface area contributed by atoms with Gasteiger partial charge in [0.25, 0.3) is 0 Å². The molecule has 3 atom stereocenters. The van der Waals surface area contributed by atoms with Gasteiger partial charge in [0, 0.05) is 13.0 Å². The zero-order valence-electron chi connectivity index (χ0n) is 12.5. The lowest BCUT2D eigenvalue weighted by atomic mass is 9.81. The third-order valence-corrected chi connectivity index (χ3v) is 4.28. The molecule has 0 amide bonds. The van der Waals surface area contributed by atoms with Crippen LogP contribution >= 0.6 is 0 Å². The molecule has 2 rings (SSSR count). The SMILES string of the molecule is CC(C)C(OC(C)(C)C)[C@@]12CCCN1C[C@H](F)C2. The Balaban J connectivity index is 2.24. The van der Waals surface area contributed by atoms with E-state index in [1.54, 1.807) is 0 Å². The first-order valence-corrected chi connectivity index (χ1v) is 7.31. The van der Waals surface area contributed by atoms with E-state index in [1.165, 1.54) is 6.42 Å². The van der Waals surface area contributed by atoms with E-state index in [0.717, 1.165) is 13.0 Å². The Morgan fingerprint density at radius 3 is 2.56 bits per heavy atom. The van der Waals surface area contributed by atoms with Crippen molar-refractivity contribution < 1.29 is 9.13 Å². The van der Waals surface area contributed by atoms with Gasteiger partial charge >= 0.3 is 0 Å². The highest BCUT2D eigenvalue weighted by atomic mass is 19.1. The molecule has 3 heteroatoms. The molecule has 0 aromatic rings. The number of hydrogen-bond donors (Lipinski definition) is 0. The molecule has 2 saturated heterocycles. The van der Waals surface area contributed by atoms with Gasteiger partial charge in [-0.15, -0.1) is 0 Å². The summed E-state index contributed by atoms with van der Waals surface area (Å²) in [6, 6.07) is 0. The molecule has 1 unspecified atom stereocenters. The Labute approximate surface area is 111 Å². The summed E-state index contributed by atoms with van der Waals surface area (Å²) < 4.78 is 20.2. The second-order valence-electron chi connectivity index (χ2n) is 7.35. The molecule has 0 N–H and O–H groups in total. The molecular weight excluding hydrogens is 229 g/mol. The summed E-state index contributed by atoms with van der Waals surface area (Å²) in [6.07, 6.45) is 2.40. The minimum atomic E-state index is -0.671. The quantitative estimate of drug-likeness (QED) is 0.768. The van der Waals surface area contributed by atoms with Crippen molar-refractivity contribution in [3.63, 3.8) is 0 Å². The van der Waals surface area contributed by atoms with E-state index in [4.69, 9.17) is 4.74 Å². The molecule has 0 saturated carbocycles. The van der Waals surface area contributed by atoms with Crippen LogP contribution in [0.2, 0.25) is 0 Å². The minimum absolute atomic E-state index is 0.0408. The van der Waals surface area contributed by atoms with E-state index in [1.807, 2.05) is 0 Å². The number of nitrogens with zero attached hydrogens (tertiary/aromatic N) is 1. The van der Waals surface area contributed by atoms with E-state index in [2.05, 4.69) is 39.5 Å². The van der Waals surface area contributed by atoms with E-state index in [-0.39, 0.29) is 17.2 Å². The molecule has 106 valence electrons. The molecule has 2 aliphatic rings. The third-order valence-electron chi connectivity index (χ3n) is 4.28. The summed E-state index contributed by atoms with van der Waals surface area (Å²) in [5, 5.41) is 0. The van der Waals surface area contributed by atoms with Crippen LogP contribution in [0.1, 0.15) is 53.9 Å². The zero-order valence-corrected chi connectivity index (χ0v) is 12.5. The van der Waals surface area contributed by atoms with Crippen LogP contribution in [0.15, 0.2) is 0 Å². The Kier molecular flexibility index (Phi) is 3.76. The Morgan fingerprint density at radius 2 is 2.00 bits per heavy atom. The molecule has 2 fully saturated rings. The van der Waals surface area contributed by atoms with Crippen LogP contribution in [-0.4, -0.2) is 41.4 Å². The summed E-state index contributed by atoms with van der Waals surface area (Å²) in [6.45, 7) is 12.3. The summed E-state index contributed by atoms with van der Waals surface area (Å²) in [5.41, 5.74) is -0.201. The van der Waals surface area contributed by atoms with Gasteiger partial charge in [0.2, 0.25) is 0 Å². The van der Waals surface area contributed by atoms with Gasteiger partial charge < -0.3 is 4.74 Å². The molecule has 0 aliphatic carbocycles. The standard InChI is InChI=1S/C15H28FNO/c1-11(2)13(18-14(3,4)5)15-7-6-8-17(15)10-12(16)9-15/h11-13H,6-10H2,1-5H3/t12-,13?,15+/m1/s1. The van der Waals surface area contributed by atoms with Crippen molar-refractivity contribution in [1.82, 2.24) is 4.90 Å². The van der Waals surface area contributed by atoms with Crippen molar-refractivity contribution in [2.75, 3.05) is 13.1 Å². The summed E-state index contributed by atoms with van der Waals surface area (Å²) in [5.74, 6) is 0.426. The number of ether oxygens (including phenoxy) is 1. The van der Waals surface area contributed by atoms with Crippen molar-refractivity contribution in [2.45, 2.75) is 77.3 Å². The Bertz CT molecular complexity index is 299. The maximum Gasteiger partial charge on any atom is 0.115 e. The summed E-state index contributed by atoms with van der Waals surface area (Å²) >= 11 is 0. The Morgan fingerprint density at radius 1 is 1.33 bits per heavy atom. The normalized spacial score (nSPS) is 35.2. The molecule has 0 bridgehead atoms. The van der Waals surface area contributed by atoms with Crippen molar-refractivity contribution in [3.05, 3.63) is 0 Å². The maximum absolute atomic E-state index is 13.8. The number of hydrogen-bond acceptors (Lipinski definition) is 2. The molecule has 2 heterocycles. The van der Waals surface area contributed by atoms with Crippen LogP contribution < -0.4 is 0 Å². The fourth-order valence-corrected chi connectivity index (χ4v) is 3.83. The van der Waals surface area contributed by atoms with Gasteiger partial charge in [-0.1, -0.05) is 13.8 Å². The molecule has 18 heavy (non-hydrogen) atoms. The largest absolute Gasteiger partial charge is 0.370 e. The molecule has 0 spiro atoms. The second kappa shape index (κ2) is 4.75. The van der Waals surface area contributed by atoms with E-state index in [9.17, 15) is 4.39 Å². The highest BCUT2D eigenvalue weighted by Crippen LogP contribution is 2.46. The minimum Gasteiger partial charge on any atom is -0.370 e. The molecule has 0 aromatic heterocycles. The van der Waals surface area contributed by atoms with Gasteiger partial charge in [-0.25, -0.2) is 4.39 Å². The van der Waals surface area contributed by atoms with Crippen LogP contribution in [0.25, 0.3) is 0 Å². The van der Waals surface area contributed by atoms with Crippen molar-refractivity contribution in [2.24, 2.45) is 5.92 Å². The lowest BCUT2D eigenvalue weighted by molar-refractivity contribution is -0.135. The van der Waals surface area contributed by atoms with Gasteiger partial charge in [-0.05, 0) is 46.1 Å². The van der Waals surface area contributed by atoms with Gasteiger partial charge in [0.1, 0.15) is 6.17 Å². The maximum atomic E-state index is 13.8. The fraction of sp³-hybridized carbons (Fsp3) is 1.00. The van der Waals surface area contributed by atoms with Gasteiger partial charge in [0.15, 0.2) is 0 Å². The summed E-state index contributed by atoms with van der Waals surface area (Å²) in [7, 11) is 0. The highest BCUT2D eigenvalue weighted by Gasteiger charge is 2.55. The summed E-state index contributed by atoms with van der Waals surface area (Å²) in [4.78, 5) is 2.36. The molecule has 2 aliphatic heterocycles. The van der Waals surface area contributed by atoms with Crippen LogP contribution in [0, 0.1) is 5.92 Å². The first-order valence-electron chi connectivity index (χ1n) is 7.31. The third kappa shape index (κ3) is 2.57. The second-order valence-corrected chi connectivity index (χ2v) is 7.35. The number of fused-ring (bicyclic) bond motifs is 1. The number of alkyl halides is 1. The van der Waals surface area contributed by atoms with Gasteiger partial charge in [-0.3, -0.25) is 4.90 Å². The van der Waals surface area contributed by atoms with Crippen LogP contribution in [0.4, 0.5) is 4.39 Å². The molecular formula is C15H28FNO. The molecule has 0 radical (unpaired) electrons. The average molecular weight is 257 g/mol. The lowest BCUT2D eigenvalue weighted by Gasteiger charge is -2.44. The average Bonchev–Trinajstić information content (AvgIpc) is 2.68. The first-order chi connectivity index (χ1) is 8.24. The topological polar surface area (TPSA) is 12.5 Å². The first kappa shape index (κ1) is 14.3. The zero-order chi connectivity index (χ0) is 13.6. The highest BCUT2D eigenvalue weighted by molar-refractivity contribution is 5.09. The smallest absolute Gasteiger partial charge is 0.115 e. The van der Waals surface area contributed by atoms with Crippen molar-refractivity contribution in [3.8, 4) is 0 Å². The van der Waals surface area contributed by atoms with Crippen LogP contribution in [0.5, 0.6) is 0 Å². The van der Waals surface area contributed by atoms with Crippen molar-refractivity contribution in [1.29, 1.82) is 0 Å². The number of rotatable bonds is 3. The molecule has 0 aromatic carbocycles. The van der Waals surface area contributed by atoms with Crippen LogP contribution in [-0.2, 0) is 4.74 Å². The van der Waals surface area contributed by atoms with Gasteiger partial charge in [0.05, 0.1) is 17.2 Å². The van der Waals surface area contributed by atoms with Crippen molar-refractivity contribution >= 4 is 0 Å². The molecule has 2 nitrogen and oxygen atoms in total.